The molecule has 0 saturated heterocycles. The van der Waals surface area contributed by atoms with E-state index in [0.29, 0.717) is 12.1 Å². The number of Topliss-reactive ketones (excluding diaryl/α,β-unsaturated/α-hetero) is 1. The quantitative estimate of drug-likeness (QED) is 0.796. The van der Waals surface area contributed by atoms with Crippen LogP contribution in [0.4, 0.5) is 5.69 Å². The van der Waals surface area contributed by atoms with Crippen LogP contribution in [0, 0.1) is 20.8 Å². The van der Waals surface area contributed by atoms with E-state index in [0.717, 1.165) is 22.4 Å². The Morgan fingerprint density at radius 1 is 1.00 bits per heavy atom. The van der Waals surface area contributed by atoms with Crippen LogP contribution in [0.25, 0.3) is 0 Å². The number of carbonyl (C=O) groups is 1. The first-order chi connectivity index (χ1) is 9.95. The summed E-state index contributed by atoms with van der Waals surface area (Å²) in [4.78, 5) is 12.2. The molecule has 2 heteroatoms. The van der Waals surface area contributed by atoms with E-state index in [9.17, 15) is 4.79 Å². The summed E-state index contributed by atoms with van der Waals surface area (Å²) in [7, 11) is 0. The van der Waals surface area contributed by atoms with Crippen LogP contribution in [-0.2, 0) is 0 Å². The Hall–Kier alpha value is -2.35. The molecule has 0 spiro atoms. The molecule has 2 nitrogen and oxygen atoms in total. The van der Waals surface area contributed by atoms with Crippen molar-refractivity contribution in [1.29, 1.82) is 0 Å². The molecule has 0 aromatic heterocycles. The number of anilines is 1. The average molecular weight is 279 g/mol. The SMILES string of the molecule is C=C(CC(=O)c1ccc(C)cc1)Nc1cc(C)ccc1C. The zero-order chi connectivity index (χ0) is 15.4. The summed E-state index contributed by atoms with van der Waals surface area (Å²) in [5.74, 6) is 0.0813. The molecule has 0 radical (unpaired) electrons. The number of ketones is 1. The lowest BCUT2D eigenvalue weighted by molar-refractivity contribution is 0.0993. The summed E-state index contributed by atoms with van der Waals surface area (Å²) in [5, 5.41) is 3.25. The number of carbonyl (C=O) groups excluding carboxylic acids is 1. The minimum atomic E-state index is 0.0813. The van der Waals surface area contributed by atoms with E-state index >= 15 is 0 Å². The van der Waals surface area contributed by atoms with Gasteiger partial charge in [0.1, 0.15) is 0 Å². The fourth-order valence-corrected chi connectivity index (χ4v) is 2.14. The van der Waals surface area contributed by atoms with Crippen LogP contribution in [0.3, 0.4) is 0 Å². The van der Waals surface area contributed by atoms with Crippen molar-refractivity contribution in [3.05, 3.63) is 77.0 Å². The second-order valence-corrected chi connectivity index (χ2v) is 5.51. The Morgan fingerprint density at radius 3 is 2.29 bits per heavy atom. The third-order valence-electron chi connectivity index (χ3n) is 3.45. The lowest BCUT2D eigenvalue weighted by Gasteiger charge is -2.12. The van der Waals surface area contributed by atoms with Crippen molar-refractivity contribution in [2.24, 2.45) is 0 Å². The van der Waals surface area contributed by atoms with Crippen molar-refractivity contribution in [3.8, 4) is 0 Å². The summed E-state index contributed by atoms with van der Waals surface area (Å²) in [6.07, 6.45) is 0.302. The Balaban J connectivity index is 2.03. The molecule has 2 aromatic carbocycles. The highest BCUT2D eigenvalue weighted by Gasteiger charge is 2.08. The Bertz CT molecular complexity index is 668. The van der Waals surface area contributed by atoms with Crippen LogP contribution in [0.2, 0.25) is 0 Å². The minimum absolute atomic E-state index is 0.0813. The maximum Gasteiger partial charge on any atom is 0.168 e. The van der Waals surface area contributed by atoms with Crippen molar-refractivity contribution in [2.75, 3.05) is 5.32 Å². The maximum absolute atomic E-state index is 12.2. The van der Waals surface area contributed by atoms with Crippen molar-refractivity contribution in [2.45, 2.75) is 27.2 Å². The smallest absolute Gasteiger partial charge is 0.168 e. The number of hydrogen-bond acceptors (Lipinski definition) is 2. The maximum atomic E-state index is 12.2. The van der Waals surface area contributed by atoms with Crippen LogP contribution in [-0.4, -0.2) is 5.78 Å². The molecule has 2 aromatic rings. The van der Waals surface area contributed by atoms with Gasteiger partial charge < -0.3 is 5.32 Å². The van der Waals surface area contributed by atoms with Crippen molar-refractivity contribution < 1.29 is 4.79 Å². The van der Waals surface area contributed by atoms with E-state index in [1.54, 1.807) is 0 Å². The van der Waals surface area contributed by atoms with Crippen molar-refractivity contribution in [3.63, 3.8) is 0 Å². The molecule has 0 saturated carbocycles. The molecule has 0 amide bonds. The van der Waals surface area contributed by atoms with Crippen LogP contribution in [0.15, 0.2) is 54.7 Å². The van der Waals surface area contributed by atoms with Gasteiger partial charge in [-0.05, 0) is 38.0 Å². The van der Waals surface area contributed by atoms with Crippen LogP contribution in [0.5, 0.6) is 0 Å². The Morgan fingerprint density at radius 2 is 1.62 bits per heavy atom. The summed E-state index contributed by atoms with van der Waals surface area (Å²) >= 11 is 0. The molecule has 1 N–H and O–H groups in total. The van der Waals surface area contributed by atoms with Gasteiger partial charge in [0, 0.05) is 16.9 Å². The molecule has 108 valence electrons. The average Bonchev–Trinajstić information content (AvgIpc) is 2.43. The van der Waals surface area contributed by atoms with Crippen molar-refractivity contribution in [1.82, 2.24) is 0 Å². The minimum Gasteiger partial charge on any atom is -0.359 e. The van der Waals surface area contributed by atoms with Gasteiger partial charge >= 0.3 is 0 Å². The van der Waals surface area contributed by atoms with E-state index in [4.69, 9.17) is 0 Å². The predicted octanol–water partition coefficient (Wildman–Crippen LogP) is 4.81. The second kappa shape index (κ2) is 6.40. The van der Waals surface area contributed by atoms with Crippen LogP contribution < -0.4 is 5.32 Å². The lowest BCUT2D eigenvalue weighted by Crippen LogP contribution is -2.07. The standard InChI is InChI=1S/C19H21NO/c1-13-6-9-17(10-7-13)19(21)12-16(4)20-18-11-14(2)5-8-15(18)3/h5-11,20H,4,12H2,1-3H3. The highest BCUT2D eigenvalue weighted by molar-refractivity contribution is 5.97. The molecule has 0 unspecified atom stereocenters. The number of aryl methyl sites for hydroxylation is 3. The van der Waals surface area contributed by atoms with E-state index in [2.05, 4.69) is 30.1 Å². The molecule has 0 heterocycles. The van der Waals surface area contributed by atoms with Gasteiger partial charge in [-0.1, -0.05) is 48.5 Å². The van der Waals surface area contributed by atoms with Gasteiger partial charge in [-0.3, -0.25) is 4.79 Å². The van der Waals surface area contributed by atoms with E-state index in [1.165, 1.54) is 5.56 Å². The van der Waals surface area contributed by atoms with Gasteiger partial charge in [0.25, 0.3) is 0 Å². The summed E-state index contributed by atoms with van der Waals surface area (Å²) in [6, 6.07) is 13.8. The highest BCUT2D eigenvalue weighted by atomic mass is 16.1. The molecule has 0 aliphatic carbocycles. The van der Waals surface area contributed by atoms with E-state index in [1.807, 2.05) is 45.0 Å². The number of hydrogen-bond donors (Lipinski definition) is 1. The number of nitrogens with one attached hydrogen (secondary N) is 1. The topological polar surface area (TPSA) is 29.1 Å². The molecule has 0 fully saturated rings. The lowest BCUT2D eigenvalue weighted by atomic mass is 10.0. The first-order valence-electron chi connectivity index (χ1n) is 7.07. The fraction of sp³-hybridized carbons (Fsp3) is 0.211. The largest absolute Gasteiger partial charge is 0.359 e. The zero-order valence-corrected chi connectivity index (χ0v) is 12.9. The number of allylic oxidation sites excluding steroid dienone is 1. The third-order valence-corrected chi connectivity index (χ3v) is 3.45. The number of rotatable bonds is 5. The molecular formula is C19H21NO. The molecule has 0 aliphatic heterocycles. The molecular weight excluding hydrogens is 258 g/mol. The van der Waals surface area contributed by atoms with Crippen LogP contribution in [0.1, 0.15) is 33.5 Å². The van der Waals surface area contributed by atoms with Crippen molar-refractivity contribution >= 4 is 11.5 Å². The van der Waals surface area contributed by atoms with Gasteiger partial charge in [-0.25, -0.2) is 0 Å². The molecule has 0 aliphatic rings. The first-order valence-corrected chi connectivity index (χ1v) is 7.07. The number of benzene rings is 2. The normalized spacial score (nSPS) is 10.2. The van der Waals surface area contributed by atoms with Gasteiger partial charge in [-0.2, -0.15) is 0 Å². The Kier molecular flexibility index (Phi) is 4.59. The first kappa shape index (κ1) is 15.0. The third kappa shape index (κ3) is 4.06. The van der Waals surface area contributed by atoms with E-state index in [-0.39, 0.29) is 5.78 Å². The Labute approximate surface area is 126 Å². The highest BCUT2D eigenvalue weighted by Crippen LogP contribution is 2.19. The molecule has 0 atom stereocenters. The van der Waals surface area contributed by atoms with Gasteiger partial charge in [0.15, 0.2) is 5.78 Å². The van der Waals surface area contributed by atoms with E-state index < -0.39 is 0 Å². The fourth-order valence-electron chi connectivity index (χ4n) is 2.14. The zero-order valence-electron chi connectivity index (χ0n) is 12.9. The molecule has 2 rings (SSSR count). The molecule has 21 heavy (non-hydrogen) atoms. The summed E-state index contributed by atoms with van der Waals surface area (Å²) in [6.45, 7) is 10.1. The van der Waals surface area contributed by atoms with Gasteiger partial charge in [0.05, 0.1) is 6.42 Å². The predicted molar refractivity (Wildman–Crippen MR) is 88.8 cm³/mol. The summed E-state index contributed by atoms with van der Waals surface area (Å²) in [5.41, 5.74) is 5.93. The monoisotopic (exact) mass is 279 g/mol. The second-order valence-electron chi connectivity index (χ2n) is 5.51. The summed E-state index contributed by atoms with van der Waals surface area (Å²) < 4.78 is 0. The van der Waals surface area contributed by atoms with Crippen LogP contribution >= 0.6 is 0 Å². The van der Waals surface area contributed by atoms with Gasteiger partial charge in [0.2, 0.25) is 0 Å². The van der Waals surface area contributed by atoms with Gasteiger partial charge in [-0.15, -0.1) is 0 Å². The molecule has 0 bridgehead atoms.